The van der Waals surface area contributed by atoms with E-state index in [9.17, 15) is 18.4 Å². The highest BCUT2D eigenvalue weighted by atomic mass is 35.5. The number of amides is 1. The van der Waals surface area contributed by atoms with Gasteiger partial charge in [0.15, 0.2) is 5.78 Å². The lowest BCUT2D eigenvalue weighted by molar-refractivity contribution is -0.117. The number of hydrogen-bond acceptors (Lipinski definition) is 2. The zero-order valence-corrected chi connectivity index (χ0v) is 22.2. The van der Waals surface area contributed by atoms with Crippen molar-refractivity contribution >= 4 is 75.4 Å². The molecular weight excluding hydrogens is 574 g/mol. The molecule has 1 amide bonds. The molecule has 1 fully saturated rings. The standard InChI is InChI=1S/C26H18Cl5F2NO2/c27-16-10-14(11-17(28)12-16)22-23(26(22,30)31)24(36)34-18-6-7-20(29)19(13-18)21(35)8-9-25(32,33)15-4-2-1-3-5-15/h1-7,10-13,22-23H,8-9H2,(H,34,36). The van der Waals surface area contributed by atoms with Crippen LogP contribution in [0.5, 0.6) is 0 Å². The molecule has 0 aliphatic heterocycles. The monoisotopic (exact) mass is 589 g/mol. The van der Waals surface area contributed by atoms with Gasteiger partial charge >= 0.3 is 0 Å². The number of carbonyl (C=O) groups is 2. The maximum absolute atomic E-state index is 14.5. The molecule has 2 unspecified atom stereocenters. The maximum Gasteiger partial charge on any atom is 0.273 e. The van der Waals surface area contributed by atoms with Crippen LogP contribution in [0.25, 0.3) is 0 Å². The minimum absolute atomic E-state index is 0.0234. The fraction of sp³-hybridized carbons (Fsp3) is 0.231. The number of carbonyl (C=O) groups excluding carboxylic acids is 2. The van der Waals surface area contributed by atoms with Gasteiger partial charge in [-0.05, 0) is 42.0 Å². The summed E-state index contributed by atoms with van der Waals surface area (Å²) in [6.07, 6.45) is -1.12. The summed E-state index contributed by atoms with van der Waals surface area (Å²) in [5, 5.41) is 3.52. The van der Waals surface area contributed by atoms with Crippen molar-refractivity contribution in [3.05, 3.63) is 98.5 Å². The summed E-state index contributed by atoms with van der Waals surface area (Å²) >= 11 is 31.1. The summed E-state index contributed by atoms with van der Waals surface area (Å²) < 4.78 is 27.6. The van der Waals surface area contributed by atoms with E-state index in [4.69, 9.17) is 58.0 Å². The average molecular weight is 592 g/mol. The Bertz CT molecular complexity index is 1300. The van der Waals surface area contributed by atoms with E-state index in [1.807, 2.05) is 0 Å². The third-order valence-corrected chi connectivity index (χ3v) is 7.68. The quantitative estimate of drug-likeness (QED) is 0.210. The number of Topliss-reactive ketones (excluding diaryl/α,β-unsaturated/α-hetero) is 1. The lowest BCUT2D eigenvalue weighted by Gasteiger charge is -2.16. The maximum atomic E-state index is 14.5. The number of alkyl halides is 4. The molecule has 3 nitrogen and oxygen atoms in total. The van der Waals surface area contributed by atoms with Gasteiger partial charge in [0, 0.05) is 45.6 Å². The Kier molecular flexibility index (Phi) is 7.89. The summed E-state index contributed by atoms with van der Waals surface area (Å²) in [5.74, 6) is -5.60. The molecule has 0 aromatic heterocycles. The first-order valence-corrected chi connectivity index (χ1v) is 12.7. The van der Waals surface area contributed by atoms with E-state index >= 15 is 0 Å². The lowest BCUT2D eigenvalue weighted by Crippen LogP contribution is -2.18. The molecule has 10 heteroatoms. The van der Waals surface area contributed by atoms with Crippen LogP contribution in [-0.2, 0) is 10.7 Å². The summed E-state index contributed by atoms with van der Waals surface area (Å²) in [4.78, 5) is 25.7. The van der Waals surface area contributed by atoms with Gasteiger partial charge in [-0.3, -0.25) is 9.59 Å². The Hall–Kier alpha value is -1.89. The third kappa shape index (κ3) is 5.81. The summed E-state index contributed by atoms with van der Waals surface area (Å²) in [7, 11) is 0. The molecule has 0 saturated heterocycles. The second-order valence-corrected chi connectivity index (χ2v) is 11.2. The fourth-order valence-corrected chi connectivity index (χ4v) is 5.68. The molecule has 0 radical (unpaired) electrons. The van der Waals surface area contributed by atoms with Crippen molar-refractivity contribution in [3.63, 3.8) is 0 Å². The molecule has 1 saturated carbocycles. The van der Waals surface area contributed by atoms with Crippen molar-refractivity contribution in [2.45, 2.75) is 29.0 Å². The van der Waals surface area contributed by atoms with Gasteiger partial charge in [0.05, 0.1) is 10.9 Å². The van der Waals surface area contributed by atoms with Crippen LogP contribution in [0.15, 0.2) is 66.7 Å². The largest absolute Gasteiger partial charge is 0.326 e. The number of anilines is 1. The van der Waals surface area contributed by atoms with Gasteiger partial charge in [0.25, 0.3) is 5.92 Å². The van der Waals surface area contributed by atoms with Crippen LogP contribution in [-0.4, -0.2) is 16.0 Å². The number of nitrogens with one attached hydrogen (secondary N) is 1. The Morgan fingerprint density at radius 2 is 1.56 bits per heavy atom. The van der Waals surface area contributed by atoms with Crippen LogP contribution < -0.4 is 5.32 Å². The fourth-order valence-electron chi connectivity index (χ4n) is 4.09. The smallest absolute Gasteiger partial charge is 0.273 e. The van der Waals surface area contributed by atoms with Crippen molar-refractivity contribution in [1.82, 2.24) is 0 Å². The second-order valence-electron chi connectivity index (χ2n) is 8.51. The molecule has 3 aromatic rings. The van der Waals surface area contributed by atoms with E-state index in [1.54, 1.807) is 24.3 Å². The summed E-state index contributed by atoms with van der Waals surface area (Å²) in [5.41, 5.74) is 0.719. The van der Waals surface area contributed by atoms with E-state index in [-0.39, 0.29) is 21.8 Å². The number of ketones is 1. The molecule has 1 aliphatic rings. The van der Waals surface area contributed by atoms with Crippen molar-refractivity contribution in [2.75, 3.05) is 5.32 Å². The molecule has 2 atom stereocenters. The number of halogens is 7. The highest BCUT2D eigenvalue weighted by Crippen LogP contribution is 2.65. The van der Waals surface area contributed by atoms with Gasteiger partial charge < -0.3 is 5.32 Å². The topological polar surface area (TPSA) is 46.2 Å². The van der Waals surface area contributed by atoms with E-state index in [0.29, 0.717) is 15.6 Å². The van der Waals surface area contributed by atoms with Crippen LogP contribution in [0.4, 0.5) is 14.5 Å². The van der Waals surface area contributed by atoms with Crippen molar-refractivity contribution in [3.8, 4) is 0 Å². The molecule has 1 N–H and O–H groups in total. The minimum atomic E-state index is -3.18. The number of benzene rings is 3. The Morgan fingerprint density at radius 3 is 2.19 bits per heavy atom. The predicted octanol–water partition coefficient (Wildman–Crippen LogP) is 8.93. The molecule has 188 valence electrons. The Labute approximate surface area is 231 Å². The second kappa shape index (κ2) is 10.5. The first-order chi connectivity index (χ1) is 16.9. The Morgan fingerprint density at radius 1 is 0.917 bits per heavy atom. The van der Waals surface area contributed by atoms with Crippen molar-refractivity contribution in [1.29, 1.82) is 0 Å². The predicted molar refractivity (Wildman–Crippen MR) is 141 cm³/mol. The van der Waals surface area contributed by atoms with Crippen molar-refractivity contribution < 1.29 is 18.4 Å². The normalized spacial score (nSPS) is 18.5. The summed E-state index contributed by atoms with van der Waals surface area (Å²) in [6.45, 7) is 0. The van der Waals surface area contributed by atoms with Gasteiger partial charge in [0.1, 0.15) is 4.33 Å². The number of hydrogen-bond donors (Lipinski definition) is 1. The van der Waals surface area contributed by atoms with E-state index in [0.717, 1.165) is 0 Å². The van der Waals surface area contributed by atoms with Crippen LogP contribution in [0.3, 0.4) is 0 Å². The van der Waals surface area contributed by atoms with Crippen LogP contribution in [0, 0.1) is 5.92 Å². The summed E-state index contributed by atoms with van der Waals surface area (Å²) in [6, 6.07) is 16.3. The van der Waals surface area contributed by atoms with Crippen LogP contribution in [0.2, 0.25) is 15.1 Å². The Balaban J connectivity index is 1.46. The first kappa shape index (κ1) is 27.2. The highest BCUT2D eigenvalue weighted by Gasteiger charge is 2.67. The van der Waals surface area contributed by atoms with E-state index in [2.05, 4.69) is 5.32 Å². The SMILES string of the molecule is O=C(CCC(F)(F)c1ccccc1)c1cc(NC(=O)C2C(c3cc(Cl)cc(Cl)c3)C2(Cl)Cl)ccc1Cl. The molecule has 1 aliphatic carbocycles. The molecule has 0 bridgehead atoms. The van der Waals surface area contributed by atoms with Gasteiger partial charge in [-0.2, -0.15) is 0 Å². The van der Waals surface area contributed by atoms with E-state index in [1.165, 1.54) is 42.5 Å². The van der Waals surface area contributed by atoms with Gasteiger partial charge in [-0.15, -0.1) is 23.2 Å². The number of rotatable bonds is 8. The average Bonchev–Trinajstić information content (AvgIpc) is 3.41. The third-order valence-electron chi connectivity index (χ3n) is 5.98. The van der Waals surface area contributed by atoms with E-state index < -0.39 is 46.6 Å². The zero-order valence-electron chi connectivity index (χ0n) is 18.4. The lowest BCUT2D eigenvalue weighted by atomic mass is 9.99. The molecule has 3 aromatic carbocycles. The first-order valence-electron chi connectivity index (χ1n) is 10.8. The van der Waals surface area contributed by atoms with Crippen molar-refractivity contribution in [2.24, 2.45) is 5.92 Å². The van der Waals surface area contributed by atoms with Gasteiger partial charge in [0.2, 0.25) is 5.91 Å². The van der Waals surface area contributed by atoms with Gasteiger partial charge in [-0.25, -0.2) is 8.78 Å². The van der Waals surface area contributed by atoms with Gasteiger partial charge in [-0.1, -0.05) is 65.1 Å². The molecular formula is C26H18Cl5F2NO2. The highest BCUT2D eigenvalue weighted by molar-refractivity contribution is 6.53. The van der Waals surface area contributed by atoms with Crippen LogP contribution >= 0.6 is 58.0 Å². The minimum Gasteiger partial charge on any atom is -0.326 e. The molecule has 0 heterocycles. The molecule has 0 spiro atoms. The molecule has 36 heavy (non-hydrogen) atoms. The zero-order chi connectivity index (χ0) is 26.3. The molecule has 4 rings (SSSR count). The van der Waals surface area contributed by atoms with Crippen LogP contribution in [0.1, 0.15) is 40.2 Å².